The molecule has 2 aromatic carbocycles. The molecule has 1 heterocycles. The number of ether oxygens (including phenoxy) is 2. The molecule has 6 nitrogen and oxygen atoms in total. The minimum Gasteiger partial charge on any atom is -0.493 e. The largest absolute Gasteiger partial charge is 0.493 e. The van der Waals surface area contributed by atoms with Crippen LogP contribution in [0.2, 0.25) is 0 Å². The molecule has 128 valence electrons. The molecule has 0 bridgehead atoms. The molecule has 0 radical (unpaired) electrons. The summed E-state index contributed by atoms with van der Waals surface area (Å²) in [6.07, 6.45) is 5.30. The van der Waals surface area contributed by atoms with E-state index in [2.05, 4.69) is 10.3 Å². The molecule has 3 aromatic rings. The van der Waals surface area contributed by atoms with Crippen LogP contribution in [0.4, 0.5) is 5.69 Å². The summed E-state index contributed by atoms with van der Waals surface area (Å²) in [5.41, 5.74) is 2.18. The van der Waals surface area contributed by atoms with Crippen LogP contribution in [0.5, 0.6) is 11.5 Å². The molecule has 1 amide bonds. The van der Waals surface area contributed by atoms with Gasteiger partial charge in [0, 0.05) is 29.3 Å². The Kier molecular flexibility index (Phi) is 4.99. The van der Waals surface area contributed by atoms with Gasteiger partial charge in [-0.25, -0.2) is 4.98 Å². The maximum Gasteiger partial charge on any atom is 0.255 e. The number of hydrogen-bond donors (Lipinski definition) is 1. The highest BCUT2D eigenvalue weighted by Gasteiger charge is 2.11. The van der Waals surface area contributed by atoms with E-state index in [0.29, 0.717) is 29.4 Å². The van der Waals surface area contributed by atoms with E-state index < -0.39 is 0 Å². The van der Waals surface area contributed by atoms with E-state index in [1.807, 2.05) is 42.0 Å². The van der Waals surface area contributed by atoms with Crippen molar-refractivity contribution in [1.82, 2.24) is 9.55 Å². The lowest BCUT2D eigenvalue weighted by Gasteiger charge is -2.11. The van der Waals surface area contributed by atoms with Crippen molar-refractivity contribution in [2.24, 2.45) is 0 Å². The van der Waals surface area contributed by atoms with Crippen LogP contribution in [0.3, 0.4) is 0 Å². The van der Waals surface area contributed by atoms with E-state index >= 15 is 0 Å². The predicted molar refractivity (Wildman–Crippen MR) is 95.7 cm³/mol. The number of imidazole rings is 1. The Morgan fingerprint density at radius 3 is 2.60 bits per heavy atom. The topological polar surface area (TPSA) is 65.4 Å². The molecule has 0 saturated heterocycles. The smallest absolute Gasteiger partial charge is 0.255 e. The van der Waals surface area contributed by atoms with Crippen LogP contribution < -0.4 is 14.8 Å². The Balaban J connectivity index is 1.74. The number of nitrogens with zero attached hydrogens (tertiary/aromatic N) is 2. The third-order valence-corrected chi connectivity index (χ3v) is 3.65. The van der Waals surface area contributed by atoms with E-state index in [4.69, 9.17) is 9.47 Å². The molecule has 1 aromatic heterocycles. The van der Waals surface area contributed by atoms with Crippen molar-refractivity contribution in [1.29, 1.82) is 0 Å². The Morgan fingerprint density at radius 2 is 1.96 bits per heavy atom. The number of anilines is 1. The molecule has 0 aliphatic heterocycles. The molecule has 0 atom stereocenters. The van der Waals surface area contributed by atoms with Gasteiger partial charge in [0.2, 0.25) is 0 Å². The van der Waals surface area contributed by atoms with Gasteiger partial charge < -0.3 is 19.4 Å². The monoisotopic (exact) mass is 337 g/mol. The highest BCUT2D eigenvalue weighted by Crippen LogP contribution is 2.28. The number of methoxy groups -OCH3 is 1. The first-order valence-corrected chi connectivity index (χ1v) is 7.92. The molecule has 0 aliphatic rings. The average Bonchev–Trinajstić information content (AvgIpc) is 3.17. The fourth-order valence-electron chi connectivity index (χ4n) is 2.42. The summed E-state index contributed by atoms with van der Waals surface area (Å²) >= 11 is 0. The molecule has 0 fully saturated rings. The van der Waals surface area contributed by atoms with Gasteiger partial charge in [-0.05, 0) is 49.4 Å². The first kappa shape index (κ1) is 16.6. The van der Waals surface area contributed by atoms with Gasteiger partial charge >= 0.3 is 0 Å². The van der Waals surface area contributed by atoms with Crippen LogP contribution in [0, 0.1) is 0 Å². The first-order valence-electron chi connectivity index (χ1n) is 7.92. The number of carbonyl (C=O) groups is 1. The molecule has 0 unspecified atom stereocenters. The number of aromatic nitrogens is 2. The number of nitrogens with one attached hydrogen (secondary N) is 1. The first-order chi connectivity index (χ1) is 12.2. The van der Waals surface area contributed by atoms with E-state index in [1.54, 1.807) is 37.8 Å². The summed E-state index contributed by atoms with van der Waals surface area (Å²) in [4.78, 5) is 16.5. The Labute approximate surface area is 146 Å². The summed E-state index contributed by atoms with van der Waals surface area (Å²) in [6, 6.07) is 12.6. The van der Waals surface area contributed by atoms with E-state index in [0.717, 1.165) is 5.69 Å². The SMILES string of the molecule is CCOc1cc(C(=O)Nc2ccc(-n3ccnc3)cc2)ccc1OC. The van der Waals surface area contributed by atoms with Gasteiger partial charge in [0.1, 0.15) is 0 Å². The second kappa shape index (κ2) is 7.53. The highest BCUT2D eigenvalue weighted by molar-refractivity contribution is 6.04. The second-order valence-corrected chi connectivity index (χ2v) is 5.27. The molecule has 6 heteroatoms. The number of carbonyl (C=O) groups excluding carboxylic acids is 1. The van der Waals surface area contributed by atoms with E-state index in [9.17, 15) is 4.79 Å². The van der Waals surface area contributed by atoms with Crippen molar-refractivity contribution in [3.05, 3.63) is 66.7 Å². The third kappa shape index (κ3) is 3.80. The molecule has 0 saturated carbocycles. The molecule has 1 N–H and O–H groups in total. The number of amides is 1. The summed E-state index contributed by atoms with van der Waals surface area (Å²) in [5.74, 6) is 0.940. The maximum atomic E-state index is 12.5. The molecule has 3 rings (SSSR count). The van der Waals surface area contributed by atoms with Crippen LogP contribution in [-0.4, -0.2) is 29.2 Å². The zero-order chi connectivity index (χ0) is 17.6. The summed E-state index contributed by atoms with van der Waals surface area (Å²) in [7, 11) is 1.57. The van der Waals surface area contributed by atoms with Gasteiger partial charge in [0.05, 0.1) is 20.0 Å². The quantitative estimate of drug-likeness (QED) is 0.747. The van der Waals surface area contributed by atoms with Crippen molar-refractivity contribution in [3.8, 4) is 17.2 Å². The fourth-order valence-corrected chi connectivity index (χ4v) is 2.42. The Hall–Kier alpha value is -3.28. The van der Waals surface area contributed by atoms with Gasteiger partial charge in [-0.2, -0.15) is 0 Å². The molecule has 0 aliphatic carbocycles. The molecule has 0 spiro atoms. The molecule has 25 heavy (non-hydrogen) atoms. The minimum absolute atomic E-state index is 0.209. The van der Waals surface area contributed by atoms with Gasteiger partial charge in [0.15, 0.2) is 11.5 Å². The number of hydrogen-bond acceptors (Lipinski definition) is 4. The summed E-state index contributed by atoms with van der Waals surface area (Å²) in [6.45, 7) is 2.38. The van der Waals surface area contributed by atoms with Crippen molar-refractivity contribution in [2.45, 2.75) is 6.92 Å². The average molecular weight is 337 g/mol. The Bertz CT molecular complexity index is 843. The van der Waals surface area contributed by atoms with E-state index in [-0.39, 0.29) is 5.91 Å². The standard InChI is InChI=1S/C19H19N3O3/c1-3-25-18-12-14(4-9-17(18)24-2)19(23)21-15-5-7-16(8-6-15)22-11-10-20-13-22/h4-13H,3H2,1-2H3,(H,21,23). The lowest BCUT2D eigenvalue weighted by Crippen LogP contribution is -2.12. The lowest BCUT2D eigenvalue weighted by molar-refractivity contribution is 0.102. The normalized spacial score (nSPS) is 10.3. The van der Waals surface area contributed by atoms with Crippen LogP contribution in [0.15, 0.2) is 61.2 Å². The zero-order valence-electron chi connectivity index (χ0n) is 14.1. The maximum absolute atomic E-state index is 12.5. The highest BCUT2D eigenvalue weighted by atomic mass is 16.5. The van der Waals surface area contributed by atoms with Gasteiger partial charge in [0.25, 0.3) is 5.91 Å². The molecular formula is C19H19N3O3. The minimum atomic E-state index is -0.209. The van der Waals surface area contributed by atoms with Gasteiger partial charge in [-0.3, -0.25) is 4.79 Å². The molecular weight excluding hydrogens is 318 g/mol. The van der Waals surface area contributed by atoms with Gasteiger partial charge in [-0.15, -0.1) is 0 Å². The number of benzene rings is 2. The predicted octanol–water partition coefficient (Wildman–Crippen LogP) is 3.53. The Morgan fingerprint density at radius 1 is 1.16 bits per heavy atom. The van der Waals surface area contributed by atoms with Crippen molar-refractivity contribution in [2.75, 3.05) is 19.0 Å². The summed E-state index contributed by atoms with van der Waals surface area (Å²) < 4.78 is 12.6. The zero-order valence-corrected chi connectivity index (χ0v) is 14.1. The fraction of sp³-hybridized carbons (Fsp3) is 0.158. The number of rotatable bonds is 6. The second-order valence-electron chi connectivity index (χ2n) is 5.27. The van der Waals surface area contributed by atoms with Crippen molar-refractivity contribution in [3.63, 3.8) is 0 Å². The van der Waals surface area contributed by atoms with Crippen molar-refractivity contribution < 1.29 is 14.3 Å². The lowest BCUT2D eigenvalue weighted by atomic mass is 10.1. The third-order valence-electron chi connectivity index (χ3n) is 3.65. The summed E-state index contributed by atoms with van der Waals surface area (Å²) in [5, 5.41) is 2.88. The van der Waals surface area contributed by atoms with Crippen LogP contribution in [0.1, 0.15) is 17.3 Å². The van der Waals surface area contributed by atoms with Crippen LogP contribution in [-0.2, 0) is 0 Å². The van der Waals surface area contributed by atoms with E-state index in [1.165, 1.54) is 0 Å². The van der Waals surface area contributed by atoms with Gasteiger partial charge in [-0.1, -0.05) is 0 Å². The van der Waals surface area contributed by atoms with Crippen molar-refractivity contribution >= 4 is 11.6 Å². The van der Waals surface area contributed by atoms with Crippen LogP contribution >= 0.6 is 0 Å². The van der Waals surface area contributed by atoms with Crippen LogP contribution in [0.25, 0.3) is 5.69 Å².